The van der Waals surface area contributed by atoms with Gasteiger partial charge in [0, 0.05) is 23.3 Å². The topological polar surface area (TPSA) is 59.3 Å². The van der Waals surface area contributed by atoms with Crippen LogP contribution in [0.2, 0.25) is 0 Å². The summed E-state index contributed by atoms with van der Waals surface area (Å²) in [6.45, 7) is 10.6. The third-order valence-electron chi connectivity index (χ3n) is 5.13. The molecule has 2 aromatic carbocycles. The maximum atomic E-state index is 12.8. The summed E-state index contributed by atoms with van der Waals surface area (Å²) < 4.78 is 1.79. The van der Waals surface area contributed by atoms with Gasteiger partial charge in [0.15, 0.2) is 5.65 Å². The monoisotopic (exact) mass is 398 g/mol. The number of hydrogen-bond donors (Lipinski definition) is 1. The summed E-state index contributed by atoms with van der Waals surface area (Å²) in [5.74, 6) is 0.320. The Bertz CT molecular complexity index is 1210. The molecular weight excluding hydrogens is 372 g/mol. The fourth-order valence-corrected chi connectivity index (χ4v) is 3.62. The zero-order valence-electron chi connectivity index (χ0n) is 18.0. The van der Waals surface area contributed by atoms with E-state index in [0.717, 1.165) is 11.3 Å². The highest BCUT2D eigenvalue weighted by molar-refractivity contribution is 6.04. The van der Waals surface area contributed by atoms with Crippen LogP contribution in [0.15, 0.2) is 60.8 Å². The molecule has 4 rings (SSSR count). The molecule has 0 atom stereocenters. The minimum Gasteiger partial charge on any atom is -0.306 e. The lowest BCUT2D eigenvalue weighted by Crippen LogP contribution is -2.15. The van der Waals surface area contributed by atoms with Gasteiger partial charge in [0.25, 0.3) is 5.91 Å². The normalized spacial score (nSPS) is 11.6. The molecule has 0 unspecified atom stereocenters. The van der Waals surface area contributed by atoms with Gasteiger partial charge in [-0.05, 0) is 49.1 Å². The van der Waals surface area contributed by atoms with Gasteiger partial charge in [0.2, 0.25) is 0 Å². The van der Waals surface area contributed by atoms with Gasteiger partial charge >= 0.3 is 0 Å². The Kier molecular flexibility index (Phi) is 4.90. The lowest BCUT2D eigenvalue weighted by Gasteiger charge is -2.19. The number of aromatic nitrogens is 3. The van der Waals surface area contributed by atoms with E-state index >= 15 is 0 Å². The lowest BCUT2D eigenvalue weighted by atomic mass is 9.87. The Morgan fingerprint density at radius 2 is 1.60 bits per heavy atom. The maximum Gasteiger partial charge on any atom is 0.256 e. The smallest absolute Gasteiger partial charge is 0.256 e. The first-order valence-electron chi connectivity index (χ1n) is 10.1. The number of rotatable bonds is 3. The van der Waals surface area contributed by atoms with Gasteiger partial charge in [-0.25, -0.2) is 9.50 Å². The van der Waals surface area contributed by atoms with Crippen molar-refractivity contribution in [1.29, 1.82) is 0 Å². The number of benzene rings is 2. The van der Waals surface area contributed by atoms with Crippen LogP contribution in [0.4, 0.5) is 5.82 Å². The fourth-order valence-electron chi connectivity index (χ4n) is 3.62. The van der Waals surface area contributed by atoms with Crippen molar-refractivity contribution in [3.63, 3.8) is 0 Å². The minimum atomic E-state index is -0.182. The summed E-state index contributed by atoms with van der Waals surface area (Å²) in [4.78, 5) is 17.4. The molecule has 30 heavy (non-hydrogen) atoms. The Labute approximate surface area is 176 Å². The molecular formula is C25H26N4O. The van der Waals surface area contributed by atoms with Crippen molar-refractivity contribution in [2.75, 3.05) is 5.32 Å². The summed E-state index contributed by atoms with van der Waals surface area (Å²) >= 11 is 0. The van der Waals surface area contributed by atoms with E-state index in [1.165, 1.54) is 16.7 Å². The highest BCUT2D eigenvalue weighted by Gasteiger charge is 2.16. The van der Waals surface area contributed by atoms with Gasteiger partial charge in [0.1, 0.15) is 5.82 Å². The van der Waals surface area contributed by atoms with E-state index in [1.54, 1.807) is 10.7 Å². The van der Waals surface area contributed by atoms with Gasteiger partial charge in [0.05, 0.1) is 11.9 Å². The van der Waals surface area contributed by atoms with Gasteiger partial charge in [-0.3, -0.25) is 4.79 Å². The summed E-state index contributed by atoms with van der Waals surface area (Å²) in [5.41, 5.74) is 6.79. The Morgan fingerprint density at radius 3 is 2.23 bits per heavy atom. The molecule has 1 amide bonds. The van der Waals surface area contributed by atoms with E-state index < -0.39 is 0 Å². The van der Waals surface area contributed by atoms with E-state index in [2.05, 4.69) is 68.2 Å². The Hall–Kier alpha value is -3.47. The van der Waals surface area contributed by atoms with Crippen LogP contribution in [-0.4, -0.2) is 20.5 Å². The standard InChI is InChI=1S/C25H26N4O/c1-16-12-17(2)14-19(13-16)21-15-22(27-23-10-11-26-29(21)23)28-24(30)18-6-8-20(9-7-18)25(3,4)5/h6-15H,1-5H3,(H,27,28,30). The molecule has 0 aliphatic heterocycles. The number of amides is 1. The molecule has 5 nitrogen and oxygen atoms in total. The molecule has 0 bridgehead atoms. The van der Waals surface area contributed by atoms with Gasteiger partial charge in [-0.2, -0.15) is 5.10 Å². The summed E-state index contributed by atoms with van der Waals surface area (Å²) in [7, 11) is 0. The van der Waals surface area contributed by atoms with Gasteiger partial charge in [-0.15, -0.1) is 0 Å². The third kappa shape index (κ3) is 3.96. The van der Waals surface area contributed by atoms with Crippen molar-refractivity contribution in [3.8, 4) is 11.3 Å². The van der Waals surface area contributed by atoms with Crippen LogP contribution >= 0.6 is 0 Å². The van der Waals surface area contributed by atoms with Crippen molar-refractivity contribution < 1.29 is 4.79 Å². The first kappa shape index (κ1) is 19.8. The van der Waals surface area contributed by atoms with Crippen LogP contribution in [0, 0.1) is 13.8 Å². The second-order valence-corrected chi connectivity index (χ2v) is 8.79. The van der Waals surface area contributed by atoms with E-state index in [1.807, 2.05) is 36.4 Å². The van der Waals surface area contributed by atoms with Crippen molar-refractivity contribution in [1.82, 2.24) is 14.6 Å². The zero-order valence-corrected chi connectivity index (χ0v) is 18.0. The first-order chi connectivity index (χ1) is 14.2. The molecule has 0 spiro atoms. The molecule has 152 valence electrons. The fraction of sp³-hybridized carbons (Fsp3) is 0.240. The zero-order chi connectivity index (χ0) is 21.5. The van der Waals surface area contributed by atoms with Crippen LogP contribution in [-0.2, 0) is 5.41 Å². The van der Waals surface area contributed by atoms with E-state index in [0.29, 0.717) is 17.0 Å². The lowest BCUT2D eigenvalue weighted by molar-refractivity contribution is 0.102. The molecule has 0 aliphatic carbocycles. The highest BCUT2D eigenvalue weighted by atomic mass is 16.1. The van der Waals surface area contributed by atoms with E-state index in [-0.39, 0.29) is 11.3 Å². The number of nitrogens with zero attached hydrogens (tertiary/aromatic N) is 3. The summed E-state index contributed by atoms with van der Waals surface area (Å²) in [5, 5.41) is 7.35. The van der Waals surface area contributed by atoms with Crippen LogP contribution in [0.3, 0.4) is 0 Å². The largest absolute Gasteiger partial charge is 0.306 e. The molecule has 2 aromatic heterocycles. The van der Waals surface area contributed by atoms with Crippen molar-refractivity contribution in [2.24, 2.45) is 0 Å². The van der Waals surface area contributed by atoms with Gasteiger partial charge in [-0.1, -0.05) is 50.1 Å². The van der Waals surface area contributed by atoms with Crippen LogP contribution in [0.5, 0.6) is 0 Å². The first-order valence-corrected chi connectivity index (χ1v) is 10.1. The number of anilines is 1. The average molecular weight is 399 g/mol. The molecule has 0 fully saturated rings. The second kappa shape index (κ2) is 7.41. The SMILES string of the molecule is Cc1cc(C)cc(-c2cc(NC(=O)c3ccc(C(C)(C)C)cc3)nc3ccnn23)c1. The number of hydrogen-bond acceptors (Lipinski definition) is 3. The van der Waals surface area contributed by atoms with Crippen LogP contribution in [0.25, 0.3) is 16.9 Å². The molecule has 0 saturated carbocycles. The average Bonchev–Trinajstić information content (AvgIpc) is 3.14. The number of fused-ring (bicyclic) bond motifs is 1. The number of nitrogens with one attached hydrogen (secondary N) is 1. The number of carbonyl (C=O) groups is 1. The molecule has 0 radical (unpaired) electrons. The van der Waals surface area contributed by atoms with E-state index in [4.69, 9.17) is 0 Å². The number of carbonyl (C=O) groups excluding carboxylic acids is 1. The molecule has 4 aromatic rings. The maximum absolute atomic E-state index is 12.8. The Morgan fingerprint density at radius 1 is 0.933 bits per heavy atom. The summed E-state index contributed by atoms with van der Waals surface area (Å²) in [6.07, 6.45) is 1.71. The predicted molar refractivity (Wildman–Crippen MR) is 121 cm³/mol. The van der Waals surface area contributed by atoms with E-state index in [9.17, 15) is 4.79 Å². The second-order valence-electron chi connectivity index (χ2n) is 8.79. The van der Waals surface area contributed by atoms with Crippen LogP contribution < -0.4 is 5.32 Å². The predicted octanol–water partition coefficient (Wildman–Crippen LogP) is 5.56. The molecule has 2 heterocycles. The molecule has 5 heteroatoms. The van der Waals surface area contributed by atoms with Crippen LogP contribution in [0.1, 0.15) is 47.8 Å². The van der Waals surface area contributed by atoms with Crippen molar-refractivity contribution >= 4 is 17.4 Å². The quantitative estimate of drug-likeness (QED) is 0.491. The number of aryl methyl sites for hydroxylation is 2. The Balaban J connectivity index is 1.69. The summed E-state index contributed by atoms with van der Waals surface area (Å²) in [6, 6.07) is 17.8. The van der Waals surface area contributed by atoms with Crippen molar-refractivity contribution in [2.45, 2.75) is 40.0 Å². The molecule has 0 saturated heterocycles. The van der Waals surface area contributed by atoms with Crippen molar-refractivity contribution in [3.05, 3.63) is 83.0 Å². The third-order valence-corrected chi connectivity index (χ3v) is 5.13. The molecule has 0 aliphatic rings. The molecule has 1 N–H and O–H groups in total. The minimum absolute atomic E-state index is 0.0461. The highest BCUT2D eigenvalue weighted by Crippen LogP contribution is 2.26. The van der Waals surface area contributed by atoms with Gasteiger partial charge < -0.3 is 5.32 Å².